The van der Waals surface area contributed by atoms with E-state index in [4.69, 9.17) is 0 Å². The Hall–Kier alpha value is -3.14. The van der Waals surface area contributed by atoms with E-state index < -0.39 is 0 Å². The summed E-state index contributed by atoms with van der Waals surface area (Å²) in [6.45, 7) is 4.80. The number of pyridine rings is 1. The van der Waals surface area contributed by atoms with Gasteiger partial charge in [0.05, 0.1) is 11.9 Å². The summed E-state index contributed by atoms with van der Waals surface area (Å²) in [4.78, 5) is 16.7. The van der Waals surface area contributed by atoms with Gasteiger partial charge in [0, 0.05) is 12.2 Å². The smallest absolute Gasteiger partial charge is 0.274 e. The lowest BCUT2D eigenvalue weighted by Gasteiger charge is -2.10. The number of carbonyl (C=O) groups is 1. The Balaban J connectivity index is 1.56. The van der Waals surface area contributed by atoms with Crippen molar-refractivity contribution < 1.29 is 4.79 Å². The van der Waals surface area contributed by atoms with E-state index in [0.29, 0.717) is 5.69 Å². The maximum Gasteiger partial charge on any atom is 0.274 e. The Kier molecular flexibility index (Phi) is 5.64. The molecule has 132 valence electrons. The molecule has 0 bridgehead atoms. The van der Waals surface area contributed by atoms with E-state index in [1.165, 1.54) is 5.56 Å². The molecule has 0 unspecified atom stereocenters. The number of hydrogen-bond acceptors (Lipinski definition) is 3. The molecule has 0 aliphatic carbocycles. The van der Waals surface area contributed by atoms with Crippen LogP contribution >= 0.6 is 0 Å². The Morgan fingerprint density at radius 1 is 1.00 bits per heavy atom. The summed E-state index contributed by atoms with van der Waals surface area (Å²) >= 11 is 0. The van der Waals surface area contributed by atoms with E-state index in [9.17, 15) is 4.79 Å². The standard InChI is InChI=1S/C22H23N3O/c1-16-8-9-17(2)21(14-16)25-22(26)20-11-10-19(15-24-20)23-13-12-18-6-4-3-5-7-18/h3-11,14-15,23H,12-13H2,1-2H3,(H,25,26). The fourth-order valence-electron chi connectivity index (χ4n) is 2.69. The molecule has 2 aromatic carbocycles. The summed E-state index contributed by atoms with van der Waals surface area (Å²) in [5, 5.41) is 6.26. The average Bonchev–Trinajstić information content (AvgIpc) is 2.66. The number of hydrogen-bond donors (Lipinski definition) is 2. The largest absolute Gasteiger partial charge is 0.383 e. The van der Waals surface area contributed by atoms with Crippen LogP contribution in [0.1, 0.15) is 27.2 Å². The molecule has 0 fully saturated rings. The van der Waals surface area contributed by atoms with Crippen molar-refractivity contribution in [2.45, 2.75) is 20.3 Å². The Labute approximate surface area is 154 Å². The van der Waals surface area contributed by atoms with Crippen molar-refractivity contribution >= 4 is 17.3 Å². The van der Waals surface area contributed by atoms with Crippen LogP contribution in [0, 0.1) is 13.8 Å². The number of amides is 1. The lowest BCUT2D eigenvalue weighted by atomic mass is 10.1. The van der Waals surface area contributed by atoms with Crippen molar-refractivity contribution in [1.82, 2.24) is 4.98 Å². The molecule has 0 atom stereocenters. The summed E-state index contributed by atoms with van der Waals surface area (Å²) in [7, 11) is 0. The minimum Gasteiger partial charge on any atom is -0.383 e. The molecule has 3 rings (SSSR count). The number of aromatic nitrogens is 1. The molecule has 3 aromatic rings. The Morgan fingerprint density at radius 3 is 2.54 bits per heavy atom. The number of benzene rings is 2. The van der Waals surface area contributed by atoms with Gasteiger partial charge >= 0.3 is 0 Å². The Bertz CT molecular complexity index is 874. The van der Waals surface area contributed by atoms with E-state index in [2.05, 4.69) is 27.8 Å². The summed E-state index contributed by atoms with van der Waals surface area (Å²) in [6.07, 6.45) is 2.64. The first-order chi connectivity index (χ1) is 12.6. The predicted molar refractivity (Wildman–Crippen MR) is 107 cm³/mol. The van der Waals surface area contributed by atoms with Gasteiger partial charge in [0.15, 0.2) is 0 Å². The topological polar surface area (TPSA) is 54.0 Å². The Morgan fingerprint density at radius 2 is 1.81 bits per heavy atom. The minimum absolute atomic E-state index is 0.200. The molecule has 0 radical (unpaired) electrons. The van der Waals surface area contributed by atoms with Gasteiger partial charge in [0.1, 0.15) is 5.69 Å². The summed E-state index contributed by atoms with van der Waals surface area (Å²) in [5.74, 6) is -0.200. The van der Waals surface area contributed by atoms with Crippen LogP contribution in [0.25, 0.3) is 0 Å². The molecule has 2 N–H and O–H groups in total. The number of rotatable bonds is 6. The van der Waals surface area contributed by atoms with Gasteiger partial charge in [-0.05, 0) is 55.2 Å². The zero-order chi connectivity index (χ0) is 18.4. The zero-order valence-corrected chi connectivity index (χ0v) is 15.1. The van der Waals surface area contributed by atoms with Crippen LogP contribution in [0.2, 0.25) is 0 Å². The third-order valence-electron chi connectivity index (χ3n) is 4.22. The second-order valence-corrected chi connectivity index (χ2v) is 6.37. The van der Waals surface area contributed by atoms with Crippen LogP contribution in [0.15, 0.2) is 66.9 Å². The molecule has 1 amide bonds. The first kappa shape index (κ1) is 17.7. The first-order valence-electron chi connectivity index (χ1n) is 8.74. The molecular weight excluding hydrogens is 322 g/mol. The second kappa shape index (κ2) is 8.30. The summed E-state index contributed by atoms with van der Waals surface area (Å²) in [5.41, 5.74) is 5.56. The molecule has 4 nitrogen and oxygen atoms in total. The number of carbonyl (C=O) groups excluding carboxylic acids is 1. The van der Waals surface area contributed by atoms with Crippen LogP contribution in [-0.4, -0.2) is 17.4 Å². The fourth-order valence-corrected chi connectivity index (χ4v) is 2.69. The summed E-state index contributed by atoms with van der Waals surface area (Å²) < 4.78 is 0. The van der Waals surface area contributed by atoms with Gasteiger partial charge in [-0.3, -0.25) is 4.79 Å². The van der Waals surface area contributed by atoms with Crippen molar-refractivity contribution in [3.8, 4) is 0 Å². The van der Waals surface area contributed by atoms with Gasteiger partial charge in [0.2, 0.25) is 0 Å². The van der Waals surface area contributed by atoms with E-state index in [1.54, 1.807) is 12.3 Å². The molecule has 0 aliphatic rings. The minimum atomic E-state index is -0.200. The van der Waals surface area contributed by atoms with E-state index in [0.717, 1.165) is 35.5 Å². The monoisotopic (exact) mass is 345 g/mol. The highest BCUT2D eigenvalue weighted by Gasteiger charge is 2.09. The predicted octanol–water partition coefficient (Wildman–Crippen LogP) is 4.61. The van der Waals surface area contributed by atoms with Gasteiger partial charge in [-0.2, -0.15) is 0 Å². The molecule has 0 aliphatic heterocycles. The lowest BCUT2D eigenvalue weighted by Crippen LogP contribution is -2.15. The summed E-state index contributed by atoms with van der Waals surface area (Å²) in [6, 6.07) is 19.9. The molecule has 0 spiro atoms. The number of nitrogens with zero attached hydrogens (tertiary/aromatic N) is 1. The molecule has 1 heterocycles. The van der Waals surface area contributed by atoms with Crippen LogP contribution < -0.4 is 10.6 Å². The highest BCUT2D eigenvalue weighted by Crippen LogP contribution is 2.17. The van der Waals surface area contributed by atoms with Gasteiger partial charge in [0.25, 0.3) is 5.91 Å². The normalized spacial score (nSPS) is 10.4. The molecular formula is C22H23N3O. The third-order valence-corrected chi connectivity index (χ3v) is 4.22. The third kappa shape index (κ3) is 4.70. The van der Waals surface area contributed by atoms with Gasteiger partial charge in [-0.1, -0.05) is 42.5 Å². The van der Waals surface area contributed by atoms with Crippen LogP contribution in [0.3, 0.4) is 0 Å². The van der Waals surface area contributed by atoms with Crippen LogP contribution in [0.5, 0.6) is 0 Å². The molecule has 26 heavy (non-hydrogen) atoms. The molecule has 1 aromatic heterocycles. The van der Waals surface area contributed by atoms with Gasteiger partial charge < -0.3 is 10.6 Å². The average molecular weight is 345 g/mol. The van der Waals surface area contributed by atoms with Crippen LogP contribution in [0.4, 0.5) is 11.4 Å². The molecule has 0 saturated heterocycles. The number of nitrogens with one attached hydrogen (secondary N) is 2. The highest BCUT2D eigenvalue weighted by molar-refractivity contribution is 6.03. The quantitative estimate of drug-likeness (QED) is 0.686. The second-order valence-electron chi connectivity index (χ2n) is 6.37. The zero-order valence-electron chi connectivity index (χ0n) is 15.1. The number of anilines is 2. The van der Waals surface area contributed by atoms with E-state index in [-0.39, 0.29) is 5.91 Å². The fraction of sp³-hybridized carbons (Fsp3) is 0.182. The van der Waals surface area contributed by atoms with Crippen molar-refractivity contribution in [1.29, 1.82) is 0 Å². The maximum absolute atomic E-state index is 12.4. The number of aryl methyl sites for hydroxylation is 2. The highest BCUT2D eigenvalue weighted by atomic mass is 16.1. The SMILES string of the molecule is Cc1ccc(C)c(NC(=O)c2ccc(NCCc3ccccc3)cn2)c1. The van der Waals surface area contributed by atoms with E-state index >= 15 is 0 Å². The van der Waals surface area contributed by atoms with E-state index in [1.807, 2.05) is 56.3 Å². The maximum atomic E-state index is 12.4. The molecule has 0 saturated carbocycles. The van der Waals surface area contributed by atoms with Gasteiger partial charge in [-0.25, -0.2) is 4.98 Å². The molecule has 4 heteroatoms. The lowest BCUT2D eigenvalue weighted by molar-refractivity contribution is 0.102. The van der Waals surface area contributed by atoms with Crippen molar-refractivity contribution in [3.05, 3.63) is 89.2 Å². The van der Waals surface area contributed by atoms with Crippen molar-refractivity contribution in [2.24, 2.45) is 0 Å². The van der Waals surface area contributed by atoms with Crippen molar-refractivity contribution in [3.63, 3.8) is 0 Å². The van der Waals surface area contributed by atoms with Crippen molar-refractivity contribution in [2.75, 3.05) is 17.2 Å². The first-order valence-corrected chi connectivity index (χ1v) is 8.74. The van der Waals surface area contributed by atoms with Crippen LogP contribution in [-0.2, 0) is 6.42 Å². The van der Waals surface area contributed by atoms with Gasteiger partial charge in [-0.15, -0.1) is 0 Å².